The molecule has 0 atom stereocenters. The van der Waals surface area contributed by atoms with Crippen LogP contribution in [0, 0.1) is 0 Å². The highest BCUT2D eigenvalue weighted by molar-refractivity contribution is 6.04. The first kappa shape index (κ1) is 10.2. The average Bonchev–Trinajstić information content (AvgIpc) is 2.31. The number of pyridine rings is 1. The van der Waals surface area contributed by atoms with Crippen molar-refractivity contribution in [2.75, 3.05) is 5.32 Å². The molecule has 0 bridgehead atoms. The molecule has 0 aliphatic heterocycles. The second-order valence-electron chi connectivity index (χ2n) is 3.19. The zero-order chi connectivity index (χ0) is 11.4. The van der Waals surface area contributed by atoms with Gasteiger partial charge < -0.3 is 10.4 Å². The summed E-state index contributed by atoms with van der Waals surface area (Å²) in [5.41, 5.74) is 0.684. The molecule has 1 heterocycles. The van der Waals surface area contributed by atoms with Crippen molar-refractivity contribution >= 4 is 11.6 Å². The molecule has 16 heavy (non-hydrogen) atoms. The Labute approximate surface area is 92.6 Å². The summed E-state index contributed by atoms with van der Waals surface area (Å²) in [6.07, 6.45) is 1.46. The third kappa shape index (κ3) is 2.17. The van der Waals surface area contributed by atoms with E-state index in [9.17, 15) is 9.90 Å². The van der Waals surface area contributed by atoms with Crippen LogP contribution in [-0.4, -0.2) is 16.0 Å². The monoisotopic (exact) mass is 214 g/mol. The summed E-state index contributed by atoms with van der Waals surface area (Å²) in [5.74, 6) is -0.555. The Hall–Kier alpha value is -2.36. The molecule has 4 nitrogen and oxygen atoms in total. The Morgan fingerprint density at radius 3 is 2.56 bits per heavy atom. The number of carbonyl (C=O) groups is 1. The second kappa shape index (κ2) is 4.44. The Balaban J connectivity index is 2.19. The van der Waals surface area contributed by atoms with Crippen molar-refractivity contribution in [2.24, 2.45) is 0 Å². The average molecular weight is 214 g/mol. The summed E-state index contributed by atoms with van der Waals surface area (Å²) < 4.78 is 0. The highest BCUT2D eigenvalue weighted by atomic mass is 16.3. The van der Waals surface area contributed by atoms with E-state index in [0.29, 0.717) is 5.69 Å². The lowest BCUT2D eigenvalue weighted by Gasteiger charge is -2.05. The van der Waals surface area contributed by atoms with Gasteiger partial charge >= 0.3 is 0 Å². The van der Waals surface area contributed by atoms with Gasteiger partial charge in [-0.05, 0) is 24.3 Å². The molecule has 2 N–H and O–H groups in total. The van der Waals surface area contributed by atoms with E-state index in [1.165, 1.54) is 12.3 Å². The molecule has 1 aromatic carbocycles. The van der Waals surface area contributed by atoms with E-state index in [4.69, 9.17) is 0 Å². The summed E-state index contributed by atoms with van der Waals surface area (Å²) >= 11 is 0. The van der Waals surface area contributed by atoms with Gasteiger partial charge in [-0.2, -0.15) is 0 Å². The molecule has 0 spiro atoms. The molecular weight excluding hydrogens is 204 g/mol. The maximum Gasteiger partial charge on any atom is 0.278 e. The minimum atomic E-state index is -0.427. The van der Waals surface area contributed by atoms with E-state index >= 15 is 0 Å². The van der Waals surface area contributed by atoms with Crippen LogP contribution in [-0.2, 0) is 0 Å². The Kier molecular flexibility index (Phi) is 2.82. The van der Waals surface area contributed by atoms with Crippen molar-refractivity contribution in [3.8, 4) is 5.75 Å². The standard InChI is InChI=1S/C12H10N2O2/c15-10-7-4-8-13-11(10)12(16)14-9-5-2-1-3-6-9/h1-8,15H,(H,14,16). The van der Waals surface area contributed by atoms with E-state index in [0.717, 1.165) is 0 Å². The SMILES string of the molecule is O=C(Nc1ccccc1)c1ncccc1O. The maximum absolute atomic E-state index is 11.7. The molecule has 0 aliphatic carbocycles. The van der Waals surface area contributed by atoms with Gasteiger partial charge in [-0.3, -0.25) is 4.79 Å². The lowest BCUT2D eigenvalue weighted by molar-refractivity contribution is 0.101. The normalized spacial score (nSPS) is 9.75. The zero-order valence-electron chi connectivity index (χ0n) is 8.42. The fraction of sp³-hybridized carbons (Fsp3) is 0. The molecule has 1 amide bonds. The number of amides is 1. The number of nitrogens with one attached hydrogen (secondary N) is 1. The van der Waals surface area contributed by atoms with Crippen molar-refractivity contribution in [1.82, 2.24) is 4.98 Å². The van der Waals surface area contributed by atoms with Gasteiger partial charge in [0.25, 0.3) is 5.91 Å². The maximum atomic E-state index is 11.7. The zero-order valence-corrected chi connectivity index (χ0v) is 8.42. The van der Waals surface area contributed by atoms with Gasteiger partial charge in [0, 0.05) is 11.9 Å². The lowest BCUT2D eigenvalue weighted by Crippen LogP contribution is -2.13. The van der Waals surface area contributed by atoms with Crippen LogP contribution in [0.5, 0.6) is 5.75 Å². The number of hydrogen-bond donors (Lipinski definition) is 2. The van der Waals surface area contributed by atoms with Gasteiger partial charge in [0.05, 0.1) is 0 Å². The summed E-state index contributed by atoms with van der Waals surface area (Å²) in [7, 11) is 0. The minimum Gasteiger partial charge on any atom is -0.505 e. The fourth-order valence-corrected chi connectivity index (χ4v) is 1.28. The van der Waals surface area contributed by atoms with E-state index in [-0.39, 0.29) is 11.4 Å². The highest BCUT2D eigenvalue weighted by Crippen LogP contribution is 2.14. The number of para-hydroxylation sites is 1. The van der Waals surface area contributed by atoms with E-state index in [1.54, 1.807) is 18.2 Å². The van der Waals surface area contributed by atoms with Crippen LogP contribution >= 0.6 is 0 Å². The Morgan fingerprint density at radius 2 is 1.88 bits per heavy atom. The quantitative estimate of drug-likeness (QED) is 0.804. The molecule has 4 heteroatoms. The molecule has 80 valence electrons. The first-order valence-corrected chi connectivity index (χ1v) is 4.78. The van der Waals surface area contributed by atoms with Crippen molar-refractivity contribution in [2.45, 2.75) is 0 Å². The summed E-state index contributed by atoms with van der Waals surface area (Å²) in [5, 5.41) is 12.1. The number of carbonyl (C=O) groups excluding carboxylic acids is 1. The molecule has 0 saturated heterocycles. The van der Waals surface area contributed by atoms with Gasteiger partial charge in [0.1, 0.15) is 5.75 Å². The minimum absolute atomic E-state index is 0.0198. The molecular formula is C12H10N2O2. The summed E-state index contributed by atoms with van der Waals surface area (Å²) in [6.45, 7) is 0. The van der Waals surface area contributed by atoms with Gasteiger partial charge in [-0.15, -0.1) is 0 Å². The number of aromatic hydroxyl groups is 1. The van der Waals surface area contributed by atoms with E-state index < -0.39 is 5.91 Å². The van der Waals surface area contributed by atoms with Crippen LogP contribution in [0.4, 0.5) is 5.69 Å². The van der Waals surface area contributed by atoms with Gasteiger partial charge in [-0.25, -0.2) is 4.98 Å². The second-order valence-corrected chi connectivity index (χ2v) is 3.19. The van der Waals surface area contributed by atoms with Crippen molar-refractivity contribution in [3.05, 3.63) is 54.4 Å². The van der Waals surface area contributed by atoms with Crippen LogP contribution in [0.25, 0.3) is 0 Å². The topological polar surface area (TPSA) is 62.2 Å². The van der Waals surface area contributed by atoms with Crippen molar-refractivity contribution < 1.29 is 9.90 Å². The molecule has 1 aromatic heterocycles. The molecule has 0 saturated carbocycles. The Morgan fingerprint density at radius 1 is 1.12 bits per heavy atom. The summed E-state index contributed by atoms with van der Waals surface area (Å²) in [4.78, 5) is 15.5. The molecule has 2 rings (SSSR count). The molecule has 0 aliphatic rings. The van der Waals surface area contributed by atoms with Crippen molar-refractivity contribution in [3.63, 3.8) is 0 Å². The third-order valence-corrected chi connectivity index (χ3v) is 2.03. The van der Waals surface area contributed by atoms with Gasteiger partial charge in [0.2, 0.25) is 0 Å². The summed E-state index contributed by atoms with van der Waals surface area (Å²) in [6, 6.07) is 12.0. The van der Waals surface area contributed by atoms with Crippen LogP contribution < -0.4 is 5.32 Å². The van der Waals surface area contributed by atoms with Gasteiger partial charge in [0.15, 0.2) is 5.69 Å². The van der Waals surface area contributed by atoms with Crippen LogP contribution in [0.15, 0.2) is 48.7 Å². The molecule has 2 aromatic rings. The van der Waals surface area contributed by atoms with Crippen LogP contribution in [0.1, 0.15) is 10.5 Å². The number of rotatable bonds is 2. The predicted molar refractivity (Wildman–Crippen MR) is 60.3 cm³/mol. The number of aromatic nitrogens is 1. The smallest absolute Gasteiger partial charge is 0.278 e. The molecule has 0 radical (unpaired) electrons. The largest absolute Gasteiger partial charge is 0.505 e. The predicted octanol–water partition coefficient (Wildman–Crippen LogP) is 2.04. The number of anilines is 1. The lowest BCUT2D eigenvalue weighted by atomic mass is 10.3. The van der Waals surface area contributed by atoms with Crippen LogP contribution in [0.3, 0.4) is 0 Å². The Bertz CT molecular complexity index is 497. The highest BCUT2D eigenvalue weighted by Gasteiger charge is 2.11. The number of nitrogens with zero attached hydrogens (tertiary/aromatic N) is 1. The number of benzene rings is 1. The first-order valence-electron chi connectivity index (χ1n) is 4.78. The van der Waals surface area contributed by atoms with Crippen LogP contribution in [0.2, 0.25) is 0 Å². The first-order chi connectivity index (χ1) is 7.77. The molecule has 0 unspecified atom stereocenters. The third-order valence-electron chi connectivity index (χ3n) is 2.03. The fourth-order valence-electron chi connectivity index (χ4n) is 1.28. The molecule has 0 fully saturated rings. The van der Waals surface area contributed by atoms with E-state index in [2.05, 4.69) is 10.3 Å². The number of hydrogen-bond acceptors (Lipinski definition) is 3. The van der Waals surface area contributed by atoms with Gasteiger partial charge in [-0.1, -0.05) is 18.2 Å². The van der Waals surface area contributed by atoms with Crippen molar-refractivity contribution in [1.29, 1.82) is 0 Å². The van der Waals surface area contributed by atoms with E-state index in [1.807, 2.05) is 18.2 Å².